The maximum Gasteiger partial charge on any atom is 0.263 e. The van der Waals surface area contributed by atoms with Gasteiger partial charge in [-0.05, 0) is 30.0 Å². The molecule has 1 amide bonds. The predicted molar refractivity (Wildman–Crippen MR) is 120 cm³/mol. The third-order valence-corrected chi connectivity index (χ3v) is 5.78. The van der Waals surface area contributed by atoms with Gasteiger partial charge in [-0.25, -0.2) is 9.97 Å². The number of ether oxygens (including phenoxy) is 1. The van der Waals surface area contributed by atoms with Gasteiger partial charge in [0.05, 0.1) is 11.6 Å². The van der Waals surface area contributed by atoms with Crippen molar-refractivity contribution < 1.29 is 9.53 Å². The number of aromatic nitrogens is 4. The standard InChI is InChI=1S/C23H30N6O2/c1-16(31-18-8-6-17(7-9-18)23(2,3)4)22(30)29-12-10-28(11-13-29)21-19-14-26-27(5)20(19)24-15-25-21/h6-9,14-16H,10-13H2,1-5H3/t16-/m1/s1. The van der Waals surface area contributed by atoms with Crippen molar-refractivity contribution in [1.29, 1.82) is 0 Å². The van der Waals surface area contributed by atoms with Gasteiger partial charge in [-0.2, -0.15) is 5.10 Å². The molecule has 0 radical (unpaired) electrons. The van der Waals surface area contributed by atoms with E-state index in [-0.39, 0.29) is 11.3 Å². The van der Waals surface area contributed by atoms with Crippen molar-refractivity contribution in [2.24, 2.45) is 7.05 Å². The van der Waals surface area contributed by atoms with Crippen LogP contribution in [0.1, 0.15) is 33.3 Å². The first-order valence-corrected chi connectivity index (χ1v) is 10.7. The lowest BCUT2D eigenvalue weighted by Crippen LogP contribution is -2.52. The number of piperazine rings is 1. The smallest absolute Gasteiger partial charge is 0.263 e. The molecule has 3 aromatic rings. The average Bonchev–Trinajstić information content (AvgIpc) is 3.14. The van der Waals surface area contributed by atoms with Crippen LogP contribution in [0.5, 0.6) is 5.75 Å². The topological polar surface area (TPSA) is 76.4 Å². The second-order valence-electron chi connectivity index (χ2n) is 9.05. The number of nitrogens with zero attached hydrogens (tertiary/aromatic N) is 6. The lowest BCUT2D eigenvalue weighted by Gasteiger charge is -2.36. The number of amides is 1. The van der Waals surface area contributed by atoms with Gasteiger partial charge in [0.25, 0.3) is 5.91 Å². The number of fused-ring (bicyclic) bond motifs is 1. The lowest BCUT2D eigenvalue weighted by atomic mass is 9.87. The largest absolute Gasteiger partial charge is 0.481 e. The highest BCUT2D eigenvalue weighted by molar-refractivity contribution is 5.87. The van der Waals surface area contributed by atoms with Gasteiger partial charge < -0.3 is 14.5 Å². The molecule has 1 saturated heterocycles. The minimum Gasteiger partial charge on any atom is -0.481 e. The minimum atomic E-state index is -0.531. The number of hydrogen-bond donors (Lipinski definition) is 0. The number of aryl methyl sites for hydroxylation is 1. The van der Waals surface area contributed by atoms with Crippen LogP contribution in [-0.4, -0.2) is 62.8 Å². The first-order chi connectivity index (χ1) is 14.7. The Bertz CT molecular complexity index is 1060. The Labute approximate surface area is 182 Å². The first kappa shape index (κ1) is 21.1. The maximum atomic E-state index is 12.9. The van der Waals surface area contributed by atoms with Gasteiger partial charge in [0.2, 0.25) is 0 Å². The Morgan fingerprint density at radius 1 is 1.06 bits per heavy atom. The van der Waals surface area contributed by atoms with Crippen LogP contribution in [0.2, 0.25) is 0 Å². The Hall–Kier alpha value is -3.16. The molecule has 2 aromatic heterocycles. The normalized spacial score (nSPS) is 15.9. The molecule has 0 unspecified atom stereocenters. The highest BCUT2D eigenvalue weighted by Crippen LogP contribution is 2.26. The molecule has 8 heteroatoms. The van der Waals surface area contributed by atoms with E-state index in [4.69, 9.17) is 4.74 Å². The minimum absolute atomic E-state index is 0.00811. The summed E-state index contributed by atoms with van der Waals surface area (Å²) in [5.41, 5.74) is 2.13. The summed E-state index contributed by atoms with van der Waals surface area (Å²) in [6.45, 7) is 11.0. The second kappa shape index (κ2) is 8.17. The number of benzene rings is 1. The van der Waals surface area contributed by atoms with Crippen molar-refractivity contribution in [3.05, 3.63) is 42.4 Å². The molecule has 164 valence electrons. The summed E-state index contributed by atoms with van der Waals surface area (Å²) in [7, 11) is 1.87. The average molecular weight is 423 g/mol. The molecule has 31 heavy (non-hydrogen) atoms. The first-order valence-electron chi connectivity index (χ1n) is 10.7. The van der Waals surface area contributed by atoms with Crippen LogP contribution in [0.4, 0.5) is 5.82 Å². The van der Waals surface area contributed by atoms with Crippen molar-refractivity contribution in [2.75, 3.05) is 31.1 Å². The third kappa shape index (κ3) is 4.33. The molecule has 1 aliphatic rings. The zero-order chi connectivity index (χ0) is 22.2. The molecule has 1 atom stereocenters. The van der Waals surface area contributed by atoms with E-state index >= 15 is 0 Å². The summed E-state index contributed by atoms with van der Waals surface area (Å²) in [5.74, 6) is 1.59. The van der Waals surface area contributed by atoms with Crippen LogP contribution in [0.15, 0.2) is 36.8 Å². The zero-order valence-electron chi connectivity index (χ0n) is 18.9. The maximum absolute atomic E-state index is 12.9. The highest BCUT2D eigenvalue weighted by Gasteiger charge is 2.27. The summed E-state index contributed by atoms with van der Waals surface area (Å²) >= 11 is 0. The number of carbonyl (C=O) groups excluding carboxylic acids is 1. The summed E-state index contributed by atoms with van der Waals surface area (Å²) in [6, 6.07) is 8.01. The second-order valence-corrected chi connectivity index (χ2v) is 9.05. The molecule has 1 aliphatic heterocycles. The number of anilines is 1. The molecular weight excluding hydrogens is 392 g/mol. The Kier molecular flexibility index (Phi) is 5.56. The number of hydrogen-bond acceptors (Lipinski definition) is 6. The van der Waals surface area contributed by atoms with Crippen LogP contribution in [-0.2, 0) is 17.3 Å². The Balaban J connectivity index is 1.36. The Morgan fingerprint density at radius 2 is 1.74 bits per heavy atom. The van der Waals surface area contributed by atoms with Gasteiger partial charge in [-0.1, -0.05) is 32.9 Å². The summed E-state index contributed by atoms with van der Waals surface area (Å²) in [6.07, 6.45) is 2.83. The van der Waals surface area contributed by atoms with E-state index in [1.54, 1.807) is 17.2 Å². The molecule has 3 heterocycles. The fraction of sp³-hybridized carbons (Fsp3) is 0.478. The molecular formula is C23H30N6O2. The summed E-state index contributed by atoms with van der Waals surface area (Å²) in [4.78, 5) is 25.8. The zero-order valence-corrected chi connectivity index (χ0v) is 18.9. The van der Waals surface area contributed by atoms with Gasteiger partial charge in [0.1, 0.15) is 17.9 Å². The molecule has 0 N–H and O–H groups in total. The Morgan fingerprint density at radius 3 is 2.39 bits per heavy atom. The molecule has 0 spiro atoms. The van der Waals surface area contributed by atoms with E-state index < -0.39 is 6.10 Å². The highest BCUT2D eigenvalue weighted by atomic mass is 16.5. The van der Waals surface area contributed by atoms with Gasteiger partial charge >= 0.3 is 0 Å². The monoisotopic (exact) mass is 422 g/mol. The number of carbonyl (C=O) groups is 1. The van der Waals surface area contributed by atoms with E-state index in [0.29, 0.717) is 31.9 Å². The third-order valence-electron chi connectivity index (χ3n) is 5.78. The summed E-state index contributed by atoms with van der Waals surface area (Å²) in [5, 5.41) is 5.21. The van der Waals surface area contributed by atoms with Crippen LogP contribution in [0, 0.1) is 0 Å². The number of rotatable bonds is 4. The van der Waals surface area contributed by atoms with Crippen LogP contribution in [0.25, 0.3) is 11.0 Å². The van der Waals surface area contributed by atoms with E-state index in [9.17, 15) is 4.79 Å². The van der Waals surface area contributed by atoms with Gasteiger partial charge in [-0.3, -0.25) is 9.48 Å². The van der Waals surface area contributed by atoms with Crippen molar-refractivity contribution in [3.63, 3.8) is 0 Å². The molecule has 1 fully saturated rings. The van der Waals surface area contributed by atoms with Gasteiger partial charge in [-0.15, -0.1) is 0 Å². The molecule has 0 aliphatic carbocycles. The molecule has 4 rings (SSSR count). The van der Waals surface area contributed by atoms with Crippen molar-refractivity contribution in [1.82, 2.24) is 24.6 Å². The quantitative estimate of drug-likeness (QED) is 0.644. The SMILES string of the molecule is C[C@@H](Oc1ccc(C(C)(C)C)cc1)C(=O)N1CCN(c2ncnc3c2cnn3C)CC1. The fourth-order valence-corrected chi connectivity index (χ4v) is 3.89. The summed E-state index contributed by atoms with van der Waals surface area (Å²) < 4.78 is 7.68. The predicted octanol–water partition coefficient (Wildman–Crippen LogP) is 2.78. The van der Waals surface area contributed by atoms with Crippen LogP contribution < -0.4 is 9.64 Å². The molecule has 8 nitrogen and oxygen atoms in total. The van der Waals surface area contributed by atoms with Crippen LogP contribution >= 0.6 is 0 Å². The van der Waals surface area contributed by atoms with Crippen LogP contribution in [0.3, 0.4) is 0 Å². The van der Waals surface area contributed by atoms with Gasteiger partial charge in [0.15, 0.2) is 11.8 Å². The molecule has 1 aromatic carbocycles. The van der Waals surface area contributed by atoms with E-state index in [0.717, 1.165) is 16.9 Å². The molecule has 0 bridgehead atoms. The van der Waals surface area contributed by atoms with E-state index in [1.807, 2.05) is 31.0 Å². The van der Waals surface area contributed by atoms with Crippen molar-refractivity contribution in [3.8, 4) is 5.75 Å². The molecule has 0 saturated carbocycles. The van der Waals surface area contributed by atoms with Gasteiger partial charge in [0, 0.05) is 33.2 Å². The van der Waals surface area contributed by atoms with E-state index in [2.05, 4.69) is 52.9 Å². The van der Waals surface area contributed by atoms with E-state index in [1.165, 1.54) is 5.56 Å². The fourth-order valence-electron chi connectivity index (χ4n) is 3.89. The van der Waals surface area contributed by atoms with Crippen molar-refractivity contribution in [2.45, 2.75) is 39.2 Å². The lowest BCUT2D eigenvalue weighted by molar-refractivity contribution is -0.138. The van der Waals surface area contributed by atoms with Crippen molar-refractivity contribution >= 4 is 22.8 Å².